The van der Waals surface area contributed by atoms with Crippen molar-refractivity contribution < 1.29 is 18.7 Å². The van der Waals surface area contributed by atoms with Crippen LogP contribution in [-0.2, 0) is 16.1 Å². The monoisotopic (exact) mass is 424 g/mol. The van der Waals surface area contributed by atoms with Crippen LogP contribution >= 0.6 is 7.60 Å². The Balaban J connectivity index is 2.03. The number of benzene rings is 3. The standard InChI is InChI=1S/C25H29O4P/c1-18-16-23(25(3,4)5)24(26)19(2)22(18)17-30(27,28-20-12-8-6-9-13-20)29-21-14-10-7-11-15-21/h6-16,26H,17H2,1-5H3. The predicted octanol–water partition coefficient (Wildman–Crippen LogP) is 7.16. The summed E-state index contributed by atoms with van der Waals surface area (Å²) in [6.45, 7) is 9.99. The van der Waals surface area contributed by atoms with Crippen molar-refractivity contribution >= 4 is 7.60 Å². The van der Waals surface area contributed by atoms with E-state index in [-0.39, 0.29) is 17.3 Å². The molecular formula is C25H29O4P. The summed E-state index contributed by atoms with van der Waals surface area (Å²) < 4.78 is 25.7. The molecule has 0 radical (unpaired) electrons. The summed E-state index contributed by atoms with van der Waals surface area (Å²) in [4.78, 5) is 0. The zero-order valence-corrected chi connectivity index (χ0v) is 19.1. The number of aromatic hydroxyl groups is 1. The molecule has 5 heteroatoms. The molecule has 0 aromatic heterocycles. The average Bonchev–Trinajstić information content (AvgIpc) is 2.68. The minimum absolute atomic E-state index is 0.0481. The largest absolute Gasteiger partial charge is 0.507 e. The van der Waals surface area contributed by atoms with Crippen LogP contribution in [0, 0.1) is 13.8 Å². The molecule has 0 fully saturated rings. The summed E-state index contributed by atoms with van der Waals surface area (Å²) in [5.41, 5.74) is 3.08. The Morgan fingerprint density at radius 1 is 0.867 bits per heavy atom. The van der Waals surface area contributed by atoms with Gasteiger partial charge in [-0.15, -0.1) is 0 Å². The lowest BCUT2D eigenvalue weighted by Gasteiger charge is -2.26. The van der Waals surface area contributed by atoms with Gasteiger partial charge in [0.25, 0.3) is 0 Å². The number of phenols is 1. The lowest BCUT2D eigenvalue weighted by atomic mass is 9.83. The molecule has 0 bridgehead atoms. The van der Waals surface area contributed by atoms with Crippen molar-refractivity contribution in [2.45, 2.75) is 46.2 Å². The summed E-state index contributed by atoms with van der Waals surface area (Å²) in [5.74, 6) is 1.18. The number of hydrogen-bond donors (Lipinski definition) is 1. The van der Waals surface area contributed by atoms with Crippen LogP contribution in [0.2, 0.25) is 0 Å². The second-order valence-corrected chi connectivity index (χ2v) is 10.4. The topological polar surface area (TPSA) is 55.8 Å². The van der Waals surface area contributed by atoms with Crippen LogP contribution in [0.25, 0.3) is 0 Å². The first-order valence-electron chi connectivity index (χ1n) is 10.00. The summed E-state index contributed by atoms with van der Waals surface area (Å²) in [6, 6.07) is 20.0. The molecule has 0 unspecified atom stereocenters. The number of para-hydroxylation sites is 2. The fourth-order valence-corrected chi connectivity index (χ4v) is 5.31. The van der Waals surface area contributed by atoms with Crippen LogP contribution < -0.4 is 9.05 Å². The fraction of sp³-hybridized carbons (Fsp3) is 0.280. The highest BCUT2D eigenvalue weighted by Crippen LogP contribution is 2.53. The van der Waals surface area contributed by atoms with Gasteiger partial charge in [-0.25, -0.2) is 4.57 Å². The van der Waals surface area contributed by atoms with E-state index >= 15 is 0 Å². The Morgan fingerprint density at radius 2 is 1.33 bits per heavy atom. The Bertz CT molecular complexity index is 1010. The average molecular weight is 424 g/mol. The minimum atomic E-state index is -3.63. The van der Waals surface area contributed by atoms with Crippen LogP contribution in [0.3, 0.4) is 0 Å². The zero-order valence-electron chi connectivity index (χ0n) is 18.2. The Labute approximate surface area is 179 Å². The molecule has 0 amide bonds. The van der Waals surface area contributed by atoms with E-state index in [0.717, 1.165) is 16.7 Å². The molecule has 1 N–H and O–H groups in total. The summed E-state index contributed by atoms with van der Waals surface area (Å²) in [7, 11) is -3.63. The van der Waals surface area contributed by atoms with E-state index in [4.69, 9.17) is 9.05 Å². The number of rotatable bonds is 6. The highest BCUT2D eigenvalue weighted by Gasteiger charge is 2.32. The Morgan fingerprint density at radius 3 is 1.77 bits per heavy atom. The van der Waals surface area contributed by atoms with Crippen LogP contribution in [-0.4, -0.2) is 5.11 Å². The molecule has 30 heavy (non-hydrogen) atoms. The summed E-state index contributed by atoms with van der Waals surface area (Å²) >= 11 is 0. The molecule has 4 nitrogen and oxygen atoms in total. The fourth-order valence-electron chi connectivity index (χ4n) is 3.39. The molecule has 0 aliphatic rings. The predicted molar refractivity (Wildman–Crippen MR) is 122 cm³/mol. The van der Waals surface area contributed by atoms with E-state index in [1.165, 1.54) is 0 Å². The molecule has 0 saturated heterocycles. The van der Waals surface area contributed by atoms with Crippen LogP contribution in [0.1, 0.15) is 43.0 Å². The normalized spacial score (nSPS) is 11.9. The third kappa shape index (κ3) is 5.06. The molecule has 3 aromatic rings. The van der Waals surface area contributed by atoms with Crippen molar-refractivity contribution in [3.05, 3.63) is 89.0 Å². The second-order valence-electron chi connectivity index (χ2n) is 8.52. The molecule has 3 rings (SSSR count). The van der Waals surface area contributed by atoms with Crippen molar-refractivity contribution in [3.8, 4) is 17.2 Å². The van der Waals surface area contributed by atoms with Crippen molar-refractivity contribution in [2.24, 2.45) is 0 Å². The molecule has 158 valence electrons. The number of phenolic OH excluding ortho intramolecular Hbond substituents is 1. The van der Waals surface area contributed by atoms with Crippen LogP contribution in [0.4, 0.5) is 0 Å². The lowest BCUT2D eigenvalue weighted by Crippen LogP contribution is -2.14. The van der Waals surface area contributed by atoms with Gasteiger partial charge in [0, 0.05) is 0 Å². The van der Waals surface area contributed by atoms with Crippen LogP contribution in [0.5, 0.6) is 17.2 Å². The van der Waals surface area contributed by atoms with E-state index in [2.05, 4.69) is 20.8 Å². The first kappa shape index (κ1) is 22.0. The Kier molecular flexibility index (Phi) is 6.28. The van der Waals surface area contributed by atoms with Crippen molar-refractivity contribution in [3.63, 3.8) is 0 Å². The van der Waals surface area contributed by atoms with Gasteiger partial charge in [0.15, 0.2) is 0 Å². The SMILES string of the molecule is Cc1cc(C(C)(C)C)c(O)c(C)c1CP(=O)(Oc1ccccc1)Oc1ccccc1. The minimum Gasteiger partial charge on any atom is -0.507 e. The molecule has 0 atom stereocenters. The summed E-state index contributed by atoms with van der Waals surface area (Å²) in [6.07, 6.45) is 0.0481. The van der Waals surface area contributed by atoms with Gasteiger partial charge in [0.1, 0.15) is 17.2 Å². The number of hydrogen-bond acceptors (Lipinski definition) is 4. The molecule has 0 heterocycles. The van der Waals surface area contributed by atoms with Gasteiger partial charge in [-0.1, -0.05) is 63.2 Å². The summed E-state index contributed by atoms with van der Waals surface area (Å²) in [5, 5.41) is 10.8. The van der Waals surface area contributed by atoms with Gasteiger partial charge >= 0.3 is 7.60 Å². The van der Waals surface area contributed by atoms with Gasteiger partial charge in [0.05, 0.1) is 6.16 Å². The van der Waals surface area contributed by atoms with E-state index in [1.54, 1.807) is 24.3 Å². The quantitative estimate of drug-likeness (QED) is 0.427. The molecule has 0 aliphatic carbocycles. The highest BCUT2D eigenvalue weighted by molar-refractivity contribution is 7.53. The lowest BCUT2D eigenvalue weighted by molar-refractivity contribution is 0.384. The highest BCUT2D eigenvalue weighted by atomic mass is 31.2. The second kappa shape index (κ2) is 8.57. The molecule has 0 spiro atoms. The van der Waals surface area contributed by atoms with Gasteiger partial charge in [-0.3, -0.25) is 0 Å². The van der Waals surface area contributed by atoms with Crippen molar-refractivity contribution in [1.29, 1.82) is 0 Å². The molecule has 0 aliphatic heterocycles. The van der Waals surface area contributed by atoms with Gasteiger partial charge < -0.3 is 14.2 Å². The maximum atomic E-state index is 13.9. The van der Waals surface area contributed by atoms with Gasteiger partial charge in [-0.2, -0.15) is 0 Å². The van der Waals surface area contributed by atoms with E-state index in [0.29, 0.717) is 17.1 Å². The third-order valence-corrected chi connectivity index (χ3v) is 6.72. The maximum Gasteiger partial charge on any atom is 0.435 e. The maximum absolute atomic E-state index is 13.9. The van der Waals surface area contributed by atoms with Gasteiger partial charge in [0.2, 0.25) is 0 Å². The Hall–Kier alpha value is -2.71. The van der Waals surface area contributed by atoms with Crippen molar-refractivity contribution in [1.82, 2.24) is 0 Å². The van der Waals surface area contributed by atoms with E-state index in [9.17, 15) is 9.67 Å². The molecule has 3 aromatic carbocycles. The first-order chi connectivity index (χ1) is 14.1. The van der Waals surface area contributed by atoms with E-state index in [1.807, 2.05) is 56.3 Å². The third-order valence-electron chi connectivity index (χ3n) is 5.04. The first-order valence-corrected chi connectivity index (χ1v) is 11.7. The van der Waals surface area contributed by atoms with Crippen molar-refractivity contribution in [2.75, 3.05) is 0 Å². The molecular weight excluding hydrogens is 395 g/mol. The van der Waals surface area contributed by atoms with E-state index < -0.39 is 7.60 Å². The zero-order chi connectivity index (χ0) is 21.9. The van der Waals surface area contributed by atoms with Gasteiger partial charge in [-0.05, 0) is 65.8 Å². The molecule has 0 saturated carbocycles. The number of aryl methyl sites for hydroxylation is 1. The smallest absolute Gasteiger partial charge is 0.435 e. The van der Waals surface area contributed by atoms with Crippen LogP contribution in [0.15, 0.2) is 66.7 Å².